The monoisotopic (exact) mass is 261 g/mol. The summed E-state index contributed by atoms with van der Waals surface area (Å²) in [6, 6.07) is 7.62. The van der Waals surface area contributed by atoms with E-state index in [-0.39, 0.29) is 0 Å². The number of hydrogen-bond donors (Lipinski definition) is 1. The molecule has 0 aliphatic carbocycles. The number of aromatic nitrogens is 2. The van der Waals surface area contributed by atoms with Gasteiger partial charge in [-0.2, -0.15) is 0 Å². The number of benzene rings is 1. The average Bonchev–Trinajstić information content (AvgIpc) is 2.32. The molecule has 94 valence electrons. The van der Waals surface area contributed by atoms with Crippen LogP contribution >= 0.6 is 11.6 Å². The van der Waals surface area contributed by atoms with Gasteiger partial charge in [0.1, 0.15) is 5.82 Å². The molecule has 0 spiro atoms. The highest BCUT2D eigenvalue weighted by Crippen LogP contribution is 2.23. The van der Waals surface area contributed by atoms with E-state index in [4.69, 9.17) is 17.3 Å². The second-order valence-corrected chi connectivity index (χ2v) is 4.73. The van der Waals surface area contributed by atoms with Crippen molar-refractivity contribution in [1.29, 1.82) is 0 Å². The van der Waals surface area contributed by atoms with Gasteiger partial charge >= 0.3 is 0 Å². The molecule has 0 radical (unpaired) electrons. The van der Waals surface area contributed by atoms with Crippen molar-refractivity contribution in [2.45, 2.75) is 26.7 Å². The molecule has 0 unspecified atom stereocenters. The van der Waals surface area contributed by atoms with Crippen LogP contribution in [0.3, 0.4) is 0 Å². The fraction of sp³-hybridized carbons (Fsp3) is 0.286. The first-order valence-corrected chi connectivity index (χ1v) is 6.38. The summed E-state index contributed by atoms with van der Waals surface area (Å²) in [5.74, 6) is 1.14. The van der Waals surface area contributed by atoms with Gasteiger partial charge in [0.05, 0.1) is 0 Å². The van der Waals surface area contributed by atoms with E-state index in [9.17, 15) is 0 Å². The van der Waals surface area contributed by atoms with E-state index in [0.717, 1.165) is 34.7 Å². The lowest BCUT2D eigenvalue weighted by atomic mass is 10.1. The topological polar surface area (TPSA) is 51.8 Å². The Kier molecular flexibility index (Phi) is 3.82. The minimum Gasteiger partial charge on any atom is -0.384 e. The highest BCUT2D eigenvalue weighted by molar-refractivity contribution is 6.31. The van der Waals surface area contributed by atoms with Gasteiger partial charge in [0.25, 0.3) is 0 Å². The van der Waals surface area contributed by atoms with Crippen molar-refractivity contribution >= 4 is 17.4 Å². The molecule has 1 heterocycles. The maximum absolute atomic E-state index is 6.12. The van der Waals surface area contributed by atoms with Crippen LogP contribution < -0.4 is 5.73 Å². The van der Waals surface area contributed by atoms with Crippen LogP contribution in [0.15, 0.2) is 24.3 Å². The fourth-order valence-corrected chi connectivity index (χ4v) is 1.94. The molecular weight excluding hydrogens is 246 g/mol. The normalized spacial score (nSPS) is 10.6. The molecule has 0 atom stereocenters. The number of nitrogen functional groups attached to an aromatic ring is 1. The zero-order valence-corrected chi connectivity index (χ0v) is 11.3. The summed E-state index contributed by atoms with van der Waals surface area (Å²) in [4.78, 5) is 8.78. The molecule has 0 aliphatic heterocycles. The lowest BCUT2D eigenvalue weighted by molar-refractivity contribution is 0.877. The molecule has 18 heavy (non-hydrogen) atoms. The van der Waals surface area contributed by atoms with E-state index in [1.54, 1.807) is 0 Å². The molecule has 2 N–H and O–H groups in total. The minimum absolute atomic E-state index is 0.500. The van der Waals surface area contributed by atoms with E-state index in [1.165, 1.54) is 0 Å². The SMILES string of the molecule is CCCc1cc(N)nc(-c2ccc(C)c(Cl)c2)n1. The van der Waals surface area contributed by atoms with Gasteiger partial charge in [0.15, 0.2) is 5.82 Å². The Bertz CT molecular complexity index is 567. The Balaban J connectivity index is 2.46. The third-order valence-corrected chi connectivity index (χ3v) is 3.14. The Morgan fingerprint density at radius 3 is 2.67 bits per heavy atom. The molecular formula is C14H16ClN3. The molecule has 0 fully saturated rings. The van der Waals surface area contributed by atoms with E-state index in [1.807, 2.05) is 31.2 Å². The first-order valence-electron chi connectivity index (χ1n) is 6.00. The van der Waals surface area contributed by atoms with Crippen molar-refractivity contribution in [2.24, 2.45) is 0 Å². The van der Waals surface area contributed by atoms with Gasteiger partial charge < -0.3 is 5.73 Å². The molecule has 0 saturated heterocycles. The molecule has 0 bridgehead atoms. The summed E-state index contributed by atoms with van der Waals surface area (Å²) in [6.07, 6.45) is 1.93. The van der Waals surface area contributed by atoms with Gasteiger partial charge in [0.2, 0.25) is 0 Å². The predicted molar refractivity (Wildman–Crippen MR) is 75.6 cm³/mol. The Morgan fingerprint density at radius 1 is 1.22 bits per heavy atom. The van der Waals surface area contributed by atoms with Crippen LogP contribution in [0.4, 0.5) is 5.82 Å². The van der Waals surface area contributed by atoms with E-state index in [0.29, 0.717) is 11.6 Å². The number of anilines is 1. The summed E-state index contributed by atoms with van der Waals surface area (Å²) in [5, 5.41) is 0.718. The second kappa shape index (κ2) is 5.36. The first-order chi connectivity index (χ1) is 8.60. The third-order valence-electron chi connectivity index (χ3n) is 2.74. The third kappa shape index (κ3) is 2.79. The maximum atomic E-state index is 6.12. The van der Waals surface area contributed by atoms with Crippen molar-refractivity contribution in [3.05, 3.63) is 40.5 Å². The quantitative estimate of drug-likeness (QED) is 0.918. The minimum atomic E-state index is 0.500. The second-order valence-electron chi connectivity index (χ2n) is 4.32. The van der Waals surface area contributed by atoms with Crippen molar-refractivity contribution < 1.29 is 0 Å². The van der Waals surface area contributed by atoms with Crippen LogP contribution in [0.25, 0.3) is 11.4 Å². The Morgan fingerprint density at radius 2 is 2.00 bits per heavy atom. The predicted octanol–water partition coefficient (Wildman–Crippen LogP) is 3.64. The molecule has 0 amide bonds. The molecule has 0 aliphatic rings. The van der Waals surface area contributed by atoms with Gasteiger partial charge in [-0.25, -0.2) is 9.97 Å². The lowest BCUT2D eigenvalue weighted by Gasteiger charge is -2.06. The molecule has 3 nitrogen and oxygen atoms in total. The van der Waals surface area contributed by atoms with Crippen molar-refractivity contribution in [2.75, 3.05) is 5.73 Å². The summed E-state index contributed by atoms with van der Waals surface area (Å²) >= 11 is 6.12. The van der Waals surface area contributed by atoms with Crippen molar-refractivity contribution in [1.82, 2.24) is 9.97 Å². The maximum Gasteiger partial charge on any atom is 0.161 e. The number of rotatable bonds is 3. The van der Waals surface area contributed by atoms with Gasteiger partial charge in [0, 0.05) is 22.3 Å². The zero-order valence-electron chi connectivity index (χ0n) is 10.6. The zero-order chi connectivity index (χ0) is 13.1. The number of aryl methyl sites for hydroxylation is 2. The number of nitrogens with zero attached hydrogens (tertiary/aromatic N) is 2. The fourth-order valence-electron chi connectivity index (χ4n) is 1.76. The standard InChI is InChI=1S/C14H16ClN3/c1-3-4-11-8-13(16)18-14(17-11)10-6-5-9(2)12(15)7-10/h5-8H,3-4H2,1-2H3,(H2,16,17,18). The highest BCUT2D eigenvalue weighted by Gasteiger charge is 2.06. The van der Waals surface area contributed by atoms with Crippen LogP contribution in [0.2, 0.25) is 5.02 Å². The molecule has 4 heteroatoms. The summed E-state index contributed by atoms with van der Waals surface area (Å²) in [6.45, 7) is 4.08. The van der Waals surface area contributed by atoms with Crippen molar-refractivity contribution in [3.63, 3.8) is 0 Å². The summed E-state index contributed by atoms with van der Waals surface area (Å²) < 4.78 is 0. The Labute approximate surface area is 112 Å². The summed E-state index contributed by atoms with van der Waals surface area (Å²) in [7, 11) is 0. The number of hydrogen-bond acceptors (Lipinski definition) is 3. The molecule has 2 rings (SSSR count). The lowest BCUT2D eigenvalue weighted by Crippen LogP contribution is -2.00. The van der Waals surface area contributed by atoms with Crippen LogP contribution in [0.1, 0.15) is 24.6 Å². The van der Waals surface area contributed by atoms with Gasteiger partial charge in [-0.3, -0.25) is 0 Å². The van der Waals surface area contributed by atoms with E-state index in [2.05, 4.69) is 16.9 Å². The molecule has 1 aromatic heterocycles. The Hall–Kier alpha value is -1.61. The van der Waals surface area contributed by atoms with Crippen molar-refractivity contribution in [3.8, 4) is 11.4 Å². The average molecular weight is 262 g/mol. The van der Waals surface area contributed by atoms with Gasteiger partial charge in [-0.15, -0.1) is 0 Å². The highest BCUT2D eigenvalue weighted by atomic mass is 35.5. The molecule has 1 aromatic carbocycles. The van der Waals surface area contributed by atoms with E-state index >= 15 is 0 Å². The summed E-state index contributed by atoms with van der Waals surface area (Å²) in [5.41, 5.74) is 8.72. The smallest absolute Gasteiger partial charge is 0.161 e. The van der Waals surface area contributed by atoms with Crippen LogP contribution in [0.5, 0.6) is 0 Å². The number of halogens is 1. The van der Waals surface area contributed by atoms with E-state index < -0.39 is 0 Å². The number of nitrogens with two attached hydrogens (primary N) is 1. The molecule has 0 saturated carbocycles. The van der Waals surface area contributed by atoms with Crippen LogP contribution in [-0.2, 0) is 6.42 Å². The first kappa shape index (κ1) is 12.8. The van der Waals surface area contributed by atoms with Gasteiger partial charge in [-0.05, 0) is 25.0 Å². The van der Waals surface area contributed by atoms with Crippen LogP contribution in [0, 0.1) is 6.92 Å². The molecule has 2 aromatic rings. The largest absolute Gasteiger partial charge is 0.384 e. The van der Waals surface area contributed by atoms with Crippen LogP contribution in [-0.4, -0.2) is 9.97 Å². The van der Waals surface area contributed by atoms with Gasteiger partial charge in [-0.1, -0.05) is 37.1 Å².